The number of rotatable bonds is 2. The van der Waals surface area contributed by atoms with E-state index in [0.717, 1.165) is 0 Å². The summed E-state index contributed by atoms with van der Waals surface area (Å²) in [7, 11) is 0. The van der Waals surface area contributed by atoms with Crippen molar-refractivity contribution in [1.29, 1.82) is 0 Å². The molecule has 4 nitrogen and oxygen atoms in total. The Labute approximate surface area is 127 Å². The fourth-order valence-corrected chi connectivity index (χ4v) is 2.51. The molecule has 5 heteroatoms. The number of aliphatic hydroxyl groups excluding tert-OH is 1. The van der Waals surface area contributed by atoms with Crippen molar-refractivity contribution in [2.24, 2.45) is 0 Å². The van der Waals surface area contributed by atoms with Crippen molar-refractivity contribution in [1.82, 2.24) is 5.32 Å². The van der Waals surface area contributed by atoms with Gasteiger partial charge in [0, 0.05) is 5.02 Å². The van der Waals surface area contributed by atoms with Crippen molar-refractivity contribution in [2.75, 3.05) is 13.2 Å². The highest BCUT2D eigenvalue weighted by Crippen LogP contribution is 2.29. The minimum atomic E-state index is -0.843. The van der Waals surface area contributed by atoms with Crippen molar-refractivity contribution in [2.45, 2.75) is 6.10 Å². The van der Waals surface area contributed by atoms with Crippen LogP contribution in [0.4, 0.5) is 0 Å². The van der Waals surface area contributed by atoms with Gasteiger partial charge in [-0.15, -0.1) is 0 Å². The molecule has 108 valence electrons. The molecule has 0 saturated carbocycles. The zero-order chi connectivity index (χ0) is 14.8. The molecule has 0 aromatic heterocycles. The van der Waals surface area contributed by atoms with E-state index in [1.54, 1.807) is 42.5 Å². The molecule has 1 heterocycles. The Balaban J connectivity index is 1.98. The Hall–Kier alpha value is -2.04. The van der Waals surface area contributed by atoms with Gasteiger partial charge in [0.2, 0.25) is 0 Å². The van der Waals surface area contributed by atoms with Crippen LogP contribution in [0.15, 0.2) is 42.5 Å². The van der Waals surface area contributed by atoms with Crippen molar-refractivity contribution < 1.29 is 14.6 Å². The molecule has 0 spiro atoms. The quantitative estimate of drug-likeness (QED) is 0.896. The molecule has 1 aliphatic heterocycles. The van der Waals surface area contributed by atoms with E-state index in [1.807, 2.05) is 0 Å². The normalized spacial score (nSPS) is 15.4. The number of ether oxygens (including phenoxy) is 1. The monoisotopic (exact) mass is 303 g/mol. The molecule has 2 aromatic rings. The van der Waals surface area contributed by atoms with Crippen LogP contribution in [-0.2, 0) is 0 Å². The van der Waals surface area contributed by atoms with Crippen LogP contribution in [0.25, 0.3) is 0 Å². The van der Waals surface area contributed by atoms with Gasteiger partial charge in [-0.25, -0.2) is 0 Å². The van der Waals surface area contributed by atoms with Crippen LogP contribution in [0.2, 0.25) is 5.02 Å². The molecule has 0 fully saturated rings. The summed E-state index contributed by atoms with van der Waals surface area (Å²) in [5.41, 5.74) is 1.74. The van der Waals surface area contributed by atoms with Gasteiger partial charge in [0.05, 0.1) is 12.1 Å². The van der Waals surface area contributed by atoms with Gasteiger partial charge in [-0.05, 0) is 35.4 Å². The molecule has 21 heavy (non-hydrogen) atoms. The van der Waals surface area contributed by atoms with Gasteiger partial charge in [0.1, 0.15) is 18.5 Å². The standard InChI is InChI=1S/C16H14ClNO3/c17-12-3-1-2-10(8-12)15(19)11-4-5-14-13(9-11)16(20)18-6-7-21-14/h1-5,8-9,15,19H,6-7H2,(H,18,20). The molecular weight excluding hydrogens is 290 g/mol. The molecule has 0 aliphatic carbocycles. The van der Waals surface area contributed by atoms with Gasteiger partial charge < -0.3 is 15.2 Å². The molecule has 3 rings (SSSR count). The van der Waals surface area contributed by atoms with Crippen molar-refractivity contribution in [3.63, 3.8) is 0 Å². The zero-order valence-electron chi connectivity index (χ0n) is 11.2. The molecule has 2 N–H and O–H groups in total. The van der Waals surface area contributed by atoms with Crippen LogP contribution in [0.5, 0.6) is 5.75 Å². The van der Waals surface area contributed by atoms with E-state index in [1.165, 1.54) is 0 Å². The number of carbonyl (C=O) groups excluding carboxylic acids is 1. The van der Waals surface area contributed by atoms with E-state index >= 15 is 0 Å². The highest BCUT2D eigenvalue weighted by molar-refractivity contribution is 6.30. The molecule has 0 bridgehead atoms. The lowest BCUT2D eigenvalue weighted by molar-refractivity contribution is 0.0957. The molecule has 2 aromatic carbocycles. The Morgan fingerprint density at radius 2 is 2.00 bits per heavy atom. The van der Waals surface area contributed by atoms with Crippen LogP contribution in [-0.4, -0.2) is 24.2 Å². The zero-order valence-corrected chi connectivity index (χ0v) is 11.9. The summed E-state index contributed by atoms with van der Waals surface area (Å²) in [6.07, 6.45) is -0.843. The lowest BCUT2D eigenvalue weighted by atomic mass is 9.99. The highest BCUT2D eigenvalue weighted by atomic mass is 35.5. The second kappa shape index (κ2) is 5.76. The van der Waals surface area contributed by atoms with Crippen LogP contribution >= 0.6 is 11.6 Å². The topological polar surface area (TPSA) is 58.6 Å². The highest BCUT2D eigenvalue weighted by Gasteiger charge is 2.19. The summed E-state index contributed by atoms with van der Waals surface area (Å²) < 4.78 is 5.49. The van der Waals surface area contributed by atoms with Gasteiger partial charge >= 0.3 is 0 Å². The van der Waals surface area contributed by atoms with Crippen molar-refractivity contribution in [3.8, 4) is 5.75 Å². The Bertz CT molecular complexity index is 687. The van der Waals surface area contributed by atoms with Gasteiger partial charge in [-0.2, -0.15) is 0 Å². The Kier molecular flexibility index (Phi) is 3.82. The maximum absolute atomic E-state index is 12.0. The first-order valence-corrected chi connectivity index (χ1v) is 7.01. The van der Waals surface area contributed by atoms with E-state index in [2.05, 4.69) is 5.32 Å². The third-order valence-electron chi connectivity index (χ3n) is 3.37. The molecule has 0 radical (unpaired) electrons. The molecular formula is C16H14ClNO3. The number of carbonyl (C=O) groups is 1. The Morgan fingerprint density at radius 3 is 2.81 bits per heavy atom. The van der Waals surface area contributed by atoms with Gasteiger partial charge in [0.15, 0.2) is 0 Å². The first-order chi connectivity index (χ1) is 10.1. The second-order valence-corrected chi connectivity index (χ2v) is 5.25. The van der Waals surface area contributed by atoms with Crippen LogP contribution in [0, 0.1) is 0 Å². The van der Waals surface area contributed by atoms with Gasteiger partial charge in [-0.1, -0.05) is 29.8 Å². The summed E-state index contributed by atoms with van der Waals surface area (Å²) in [5.74, 6) is 0.342. The fraction of sp³-hybridized carbons (Fsp3) is 0.188. The van der Waals surface area contributed by atoms with Crippen LogP contribution < -0.4 is 10.1 Å². The molecule has 0 saturated heterocycles. The summed E-state index contributed by atoms with van der Waals surface area (Å²) in [5, 5.41) is 13.8. The van der Waals surface area contributed by atoms with Gasteiger partial charge in [-0.3, -0.25) is 4.79 Å². The minimum Gasteiger partial charge on any atom is -0.491 e. The second-order valence-electron chi connectivity index (χ2n) is 4.82. The maximum Gasteiger partial charge on any atom is 0.255 e. The number of halogens is 1. The smallest absolute Gasteiger partial charge is 0.255 e. The summed E-state index contributed by atoms with van der Waals surface area (Å²) in [6, 6.07) is 12.1. The first kappa shape index (κ1) is 13.9. The summed E-state index contributed by atoms with van der Waals surface area (Å²) in [4.78, 5) is 12.0. The van der Waals surface area contributed by atoms with E-state index in [4.69, 9.17) is 16.3 Å². The average Bonchev–Trinajstić information content (AvgIpc) is 2.68. The lowest BCUT2D eigenvalue weighted by Crippen LogP contribution is -2.24. The summed E-state index contributed by atoms with van der Waals surface area (Å²) >= 11 is 5.94. The van der Waals surface area contributed by atoms with Crippen LogP contribution in [0.3, 0.4) is 0 Å². The van der Waals surface area contributed by atoms with E-state index in [9.17, 15) is 9.90 Å². The van der Waals surface area contributed by atoms with Crippen molar-refractivity contribution in [3.05, 3.63) is 64.2 Å². The fourth-order valence-electron chi connectivity index (χ4n) is 2.31. The summed E-state index contributed by atoms with van der Waals surface area (Å²) in [6.45, 7) is 0.911. The van der Waals surface area contributed by atoms with Crippen molar-refractivity contribution >= 4 is 17.5 Å². The Morgan fingerprint density at radius 1 is 1.19 bits per heavy atom. The largest absolute Gasteiger partial charge is 0.491 e. The van der Waals surface area contributed by atoms with Gasteiger partial charge in [0.25, 0.3) is 5.91 Å². The number of benzene rings is 2. The number of aliphatic hydroxyl groups is 1. The molecule has 1 atom stereocenters. The number of fused-ring (bicyclic) bond motifs is 1. The maximum atomic E-state index is 12.0. The van der Waals surface area contributed by atoms with E-state index in [-0.39, 0.29) is 5.91 Å². The third kappa shape index (κ3) is 2.86. The third-order valence-corrected chi connectivity index (χ3v) is 3.61. The average molecular weight is 304 g/mol. The number of nitrogens with one attached hydrogen (secondary N) is 1. The first-order valence-electron chi connectivity index (χ1n) is 6.63. The lowest BCUT2D eigenvalue weighted by Gasteiger charge is -2.14. The minimum absolute atomic E-state index is 0.192. The predicted octanol–water partition coefficient (Wildman–Crippen LogP) is 2.54. The van der Waals surface area contributed by atoms with Crippen LogP contribution in [0.1, 0.15) is 27.6 Å². The SMILES string of the molecule is O=C1NCCOc2ccc(C(O)c3cccc(Cl)c3)cc21. The number of hydrogen-bond acceptors (Lipinski definition) is 3. The van der Waals surface area contributed by atoms with E-state index < -0.39 is 6.10 Å². The number of amides is 1. The van der Waals surface area contributed by atoms with E-state index in [0.29, 0.717) is 40.6 Å². The molecule has 1 unspecified atom stereocenters. The molecule has 1 aliphatic rings. The predicted molar refractivity (Wildman–Crippen MR) is 79.8 cm³/mol. The molecule has 1 amide bonds. The number of hydrogen-bond donors (Lipinski definition) is 2.